The number of rotatable bonds is 4. The van der Waals surface area contributed by atoms with Crippen molar-refractivity contribution in [1.29, 1.82) is 0 Å². The van der Waals surface area contributed by atoms with Crippen LogP contribution in [0.5, 0.6) is 0 Å². The Kier molecular flexibility index (Phi) is 4.78. The van der Waals surface area contributed by atoms with Crippen molar-refractivity contribution >= 4 is 29.3 Å². The molecule has 5 rings (SSSR count). The highest BCUT2D eigenvalue weighted by Gasteiger charge is 2.44. The van der Waals surface area contributed by atoms with Crippen LogP contribution in [0.3, 0.4) is 0 Å². The highest BCUT2D eigenvalue weighted by atomic mass is 16.2. The molecular formula is C23H22N4O4. The Bertz CT molecular complexity index is 1130. The van der Waals surface area contributed by atoms with Crippen molar-refractivity contribution in [1.82, 2.24) is 15.5 Å². The van der Waals surface area contributed by atoms with E-state index in [1.165, 1.54) is 11.1 Å². The fourth-order valence-corrected chi connectivity index (χ4v) is 4.51. The zero-order valence-corrected chi connectivity index (χ0v) is 16.9. The SMILES string of the molecule is O=C1CCC(N2C(=O)c3ccc(CNc4cccc5c4CNCC5)cc3C2=O)C(=O)N1. The molecule has 1 saturated heterocycles. The summed E-state index contributed by atoms with van der Waals surface area (Å²) in [6.45, 7) is 2.29. The molecule has 158 valence electrons. The first-order valence-electron chi connectivity index (χ1n) is 10.4. The van der Waals surface area contributed by atoms with E-state index in [0.717, 1.165) is 35.7 Å². The second-order valence-electron chi connectivity index (χ2n) is 8.05. The van der Waals surface area contributed by atoms with Crippen LogP contribution in [0.25, 0.3) is 0 Å². The summed E-state index contributed by atoms with van der Waals surface area (Å²) >= 11 is 0. The number of piperidine rings is 1. The number of anilines is 1. The van der Waals surface area contributed by atoms with E-state index in [0.29, 0.717) is 17.7 Å². The molecule has 0 saturated carbocycles. The Labute approximate surface area is 179 Å². The zero-order chi connectivity index (χ0) is 21.5. The highest BCUT2D eigenvalue weighted by Crippen LogP contribution is 2.29. The van der Waals surface area contributed by atoms with E-state index >= 15 is 0 Å². The van der Waals surface area contributed by atoms with Crippen molar-refractivity contribution in [3.8, 4) is 0 Å². The number of hydrogen-bond donors (Lipinski definition) is 3. The van der Waals surface area contributed by atoms with Crippen LogP contribution in [-0.4, -0.2) is 41.1 Å². The molecular weight excluding hydrogens is 396 g/mol. The average molecular weight is 418 g/mol. The molecule has 3 heterocycles. The van der Waals surface area contributed by atoms with Crippen molar-refractivity contribution in [2.24, 2.45) is 0 Å². The third-order valence-electron chi connectivity index (χ3n) is 6.13. The minimum Gasteiger partial charge on any atom is -0.381 e. The molecule has 31 heavy (non-hydrogen) atoms. The zero-order valence-electron chi connectivity index (χ0n) is 16.9. The Morgan fingerprint density at radius 2 is 1.84 bits per heavy atom. The molecule has 0 aromatic heterocycles. The van der Waals surface area contributed by atoms with E-state index in [1.54, 1.807) is 12.1 Å². The fraction of sp³-hybridized carbons (Fsp3) is 0.304. The quantitative estimate of drug-likeness (QED) is 0.647. The van der Waals surface area contributed by atoms with Gasteiger partial charge >= 0.3 is 0 Å². The van der Waals surface area contributed by atoms with Gasteiger partial charge in [-0.25, -0.2) is 0 Å². The second-order valence-corrected chi connectivity index (χ2v) is 8.05. The van der Waals surface area contributed by atoms with E-state index in [2.05, 4.69) is 22.0 Å². The standard InChI is InChI=1S/C23H22N4O4/c28-20-7-6-19(21(29)26-20)27-22(30)15-5-4-13(10-16(15)23(27)31)11-25-18-3-1-2-14-8-9-24-12-17(14)18/h1-5,10,19,24-25H,6-9,11-12H2,(H,26,28,29). The van der Waals surface area contributed by atoms with Crippen molar-refractivity contribution in [2.45, 2.75) is 38.4 Å². The van der Waals surface area contributed by atoms with Gasteiger partial charge in [-0.3, -0.25) is 29.4 Å². The molecule has 2 aromatic rings. The summed E-state index contributed by atoms with van der Waals surface area (Å²) in [6.07, 6.45) is 1.25. The molecule has 3 aliphatic rings. The number of carbonyl (C=O) groups excluding carboxylic acids is 4. The predicted octanol–water partition coefficient (Wildman–Crippen LogP) is 1.35. The molecule has 0 aliphatic carbocycles. The molecule has 1 fully saturated rings. The molecule has 0 spiro atoms. The predicted molar refractivity (Wildman–Crippen MR) is 112 cm³/mol. The van der Waals surface area contributed by atoms with Crippen LogP contribution in [0.2, 0.25) is 0 Å². The van der Waals surface area contributed by atoms with Crippen LogP contribution in [0.1, 0.15) is 50.2 Å². The molecule has 4 amide bonds. The topological polar surface area (TPSA) is 108 Å². The number of benzene rings is 2. The summed E-state index contributed by atoms with van der Waals surface area (Å²) in [5.74, 6) is -1.96. The third kappa shape index (κ3) is 3.38. The number of imide groups is 2. The Morgan fingerprint density at radius 3 is 2.68 bits per heavy atom. The summed E-state index contributed by atoms with van der Waals surface area (Å²) in [4.78, 5) is 50.3. The lowest BCUT2D eigenvalue weighted by atomic mass is 9.99. The first-order chi connectivity index (χ1) is 15.0. The summed E-state index contributed by atoms with van der Waals surface area (Å²) in [7, 11) is 0. The molecule has 3 aliphatic heterocycles. The van der Waals surface area contributed by atoms with E-state index in [4.69, 9.17) is 0 Å². The van der Waals surface area contributed by atoms with E-state index in [1.807, 2.05) is 18.2 Å². The number of fused-ring (bicyclic) bond motifs is 2. The number of hydrogen-bond acceptors (Lipinski definition) is 6. The van der Waals surface area contributed by atoms with E-state index in [-0.39, 0.29) is 18.7 Å². The minimum atomic E-state index is -0.949. The van der Waals surface area contributed by atoms with Crippen LogP contribution >= 0.6 is 0 Å². The molecule has 0 radical (unpaired) electrons. The Hall–Kier alpha value is -3.52. The second kappa shape index (κ2) is 7.63. The van der Waals surface area contributed by atoms with Gasteiger partial charge in [-0.15, -0.1) is 0 Å². The first-order valence-corrected chi connectivity index (χ1v) is 10.4. The summed E-state index contributed by atoms with van der Waals surface area (Å²) in [6, 6.07) is 10.4. The van der Waals surface area contributed by atoms with Crippen molar-refractivity contribution in [2.75, 3.05) is 11.9 Å². The normalized spacial score (nSPS) is 20.4. The molecule has 2 aromatic carbocycles. The molecule has 1 atom stereocenters. The van der Waals surface area contributed by atoms with Crippen LogP contribution in [0, 0.1) is 0 Å². The summed E-state index contributed by atoms with van der Waals surface area (Å²) in [5.41, 5.74) is 5.10. The molecule has 0 bridgehead atoms. The van der Waals surface area contributed by atoms with Crippen molar-refractivity contribution in [3.05, 3.63) is 64.2 Å². The molecule has 8 heteroatoms. The number of amides is 4. The van der Waals surface area contributed by atoms with Gasteiger partial charge in [-0.05, 0) is 54.3 Å². The first kappa shape index (κ1) is 19.4. The largest absolute Gasteiger partial charge is 0.381 e. The summed E-state index contributed by atoms with van der Waals surface area (Å²) < 4.78 is 0. The van der Waals surface area contributed by atoms with E-state index in [9.17, 15) is 19.2 Å². The van der Waals surface area contributed by atoms with Crippen molar-refractivity contribution < 1.29 is 19.2 Å². The maximum Gasteiger partial charge on any atom is 0.262 e. The fourth-order valence-electron chi connectivity index (χ4n) is 4.51. The maximum atomic E-state index is 13.0. The number of nitrogens with zero attached hydrogens (tertiary/aromatic N) is 1. The lowest BCUT2D eigenvalue weighted by molar-refractivity contribution is -0.136. The minimum absolute atomic E-state index is 0.106. The maximum absolute atomic E-state index is 13.0. The smallest absolute Gasteiger partial charge is 0.262 e. The van der Waals surface area contributed by atoms with E-state index < -0.39 is 23.8 Å². The highest BCUT2D eigenvalue weighted by molar-refractivity contribution is 6.23. The number of carbonyl (C=O) groups is 4. The van der Waals surface area contributed by atoms with Crippen molar-refractivity contribution in [3.63, 3.8) is 0 Å². The Morgan fingerprint density at radius 1 is 1.00 bits per heavy atom. The molecule has 1 unspecified atom stereocenters. The van der Waals surface area contributed by atoms with Crippen LogP contribution in [0.15, 0.2) is 36.4 Å². The Balaban J connectivity index is 1.35. The van der Waals surface area contributed by atoms with Crippen LogP contribution < -0.4 is 16.0 Å². The molecule has 3 N–H and O–H groups in total. The summed E-state index contributed by atoms with van der Waals surface area (Å²) in [5, 5.41) is 9.04. The van der Waals surface area contributed by atoms with Gasteiger partial charge in [0.2, 0.25) is 11.8 Å². The average Bonchev–Trinajstić information content (AvgIpc) is 3.02. The van der Waals surface area contributed by atoms with Gasteiger partial charge in [0.1, 0.15) is 6.04 Å². The lowest BCUT2D eigenvalue weighted by Gasteiger charge is -2.27. The monoisotopic (exact) mass is 418 g/mol. The van der Waals surface area contributed by atoms with Gasteiger partial charge in [0.15, 0.2) is 0 Å². The van der Waals surface area contributed by atoms with Gasteiger partial charge in [0, 0.05) is 25.2 Å². The number of nitrogens with one attached hydrogen (secondary N) is 3. The van der Waals surface area contributed by atoms with Crippen LogP contribution in [-0.2, 0) is 29.1 Å². The third-order valence-corrected chi connectivity index (χ3v) is 6.13. The molecule has 8 nitrogen and oxygen atoms in total. The van der Waals surface area contributed by atoms with Gasteiger partial charge in [0.25, 0.3) is 11.8 Å². The van der Waals surface area contributed by atoms with Gasteiger partial charge in [-0.2, -0.15) is 0 Å². The lowest BCUT2D eigenvalue weighted by Crippen LogP contribution is -2.54. The van der Waals surface area contributed by atoms with Gasteiger partial charge in [-0.1, -0.05) is 18.2 Å². The van der Waals surface area contributed by atoms with Crippen LogP contribution in [0.4, 0.5) is 5.69 Å². The van der Waals surface area contributed by atoms with Gasteiger partial charge in [0.05, 0.1) is 11.1 Å². The van der Waals surface area contributed by atoms with Gasteiger partial charge < -0.3 is 10.6 Å².